The van der Waals surface area contributed by atoms with Gasteiger partial charge >= 0.3 is 0 Å². The maximum Gasteiger partial charge on any atom is 0.265 e. The van der Waals surface area contributed by atoms with E-state index in [0.717, 1.165) is 12.3 Å². The van der Waals surface area contributed by atoms with Gasteiger partial charge in [0.2, 0.25) is 0 Å². The second-order valence-electron chi connectivity index (χ2n) is 3.65. The van der Waals surface area contributed by atoms with Crippen molar-refractivity contribution >= 4 is 33.1 Å². The van der Waals surface area contributed by atoms with Crippen molar-refractivity contribution in [3.63, 3.8) is 0 Å². The van der Waals surface area contributed by atoms with E-state index in [1.54, 1.807) is 0 Å². The first-order valence-electron chi connectivity index (χ1n) is 5.08. The summed E-state index contributed by atoms with van der Waals surface area (Å²) in [5.74, 6) is -0.565. The van der Waals surface area contributed by atoms with Crippen molar-refractivity contribution in [1.29, 1.82) is 0 Å². The predicted octanol–water partition coefficient (Wildman–Crippen LogP) is 2.26. The predicted molar refractivity (Wildman–Crippen MR) is 70.9 cm³/mol. The molecule has 1 aromatic carbocycles. The monoisotopic (exact) mass is 301 g/mol. The van der Waals surface area contributed by atoms with Crippen molar-refractivity contribution in [3.8, 4) is 0 Å². The van der Waals surface area contributed by atoms with Gasteiger partial charge in [-0.2, -0.15) is 0 Å². The van der Waals surface area contributed by atoms with Crippen LogP contribution in [-0.4, -0.2) is 13.4 Å². The van der Waals surface area contributed by atoms with Crippen LogP contribution in [0.25, 0.3) is 0 Å². The average Bonchev–Trinajstić information content (AvgIpc) is 2.31. The summed E-state index contributed by atoms with van der Waals surface area (Å²) < 4.78 is 39.0. The van der Waals surface area contributed by atoms with E-state index in [1.165, 1.54) is 24.3 Å². The SMILES string of the molecule is Nc1cc(Cl)ccc1S(=O)(=O)Nc1ccc(F)cn1. The minimum atomic E-state index is -3.89. The van der Waals surface area contributed by atoms with Gasteiger partial charge in [0.25, 0.3) is 10.0 Å². The number of nitrogen functional groups attached to an aromatic ring is 1. The van der Waals surface area contributed by atoms with Crippen LogP contribution in [0.15, 0.2) is 41.4 Å². The van der Waals surface area contributed by atoms with E-state index in [-0.39, 0.29) is 16.4 Å². The number of hydrogen-bond donors (Lipinski definition) is 2. The van der Waals surface area contributed by atoms with Crippen LogP contribution in [0.3, 0.4) is 0 Å². The largest absolute Gasteiger partial charge is 0.398 e. The summed E-state index contributed by atoms with van der Waals surface area (Å²) in [4.78, 5) is 3.48. The smallest absolute Gasteiger partial charge is 0.265 e. The van der Waals surface area contributed by atoms with Gasteiger partial charge in [-0.3, -0.25) is 4.72 Å². The first-order valence-corrected chi connectivity index (χ1v) is 6.94. The van der Waals surface area contributed by atoms with Crippen LogP contribution in [0.1, 0.15) is 0 Å². The molecule has 0 saturated carbocycles. The zero-order chi connectivity index (χ0) is 14.0. The van der Waals surface area contributed by atoms with Gasteiger partial charge in [0.05, 0.1) is 11.9 Å². The van der Waals surface area contributed by atoms with Crippen LogP contribution in [0.5, 0.6) is 0 Å². The molecule has 0 radical (unpaired) electrons. The van der Waals surface area contributed by atoms with Crippen molar-refractivity contribution < 1.29 is 12.8 Å². The number of sulfonamides is 1. The molecule has 3 N–H and O–H groups in total. The van der Waals surface area contributed by atoms with Crippen LogP contribution >= 0.6 is 11.6 Å². The van der Waals surface area contributed by atoms with Crippen LogP contribution in [0, 0.1) is 5.82 Å². The molecule has 8 heteroatoms. The molecule has 1 aromatic heterocycles. The maximum atomic E-state index is 12.7. The quantitative estimate of drug-likeness (QED) is 0.852. The lowest BCUT2D eigenvalue weighted by Gasteiger charge is -2.09. The molecule has 5 nitrogen and oxygen atoms in total. The molecule has 0 spiro atoms. The Labute approximate surface area is 114 Å². The summed E-state index contributed by atoms with van der Waals surface area (Å²) in [7, 11) is -3.89. The van der Waals surface area contributed by atoms with E-state index in [0.29, 0.717) is 5.02 Å². The topological polar surface area (TPSA) is 85.1 Å². The molecule has 0 unspecified atom stereocenters. The molecule has 0 bridgehead atoms. The van der Waals surface area contributed by atoms with Crippen molar-refractivity contribution in [2.24, 2.45) is 0 Å². The van der Waals surface area contributed by atoms with Gasteiger partial charge in [0.15, 0.2) is 0 Å². The van der Waals surface area contributed by atoms with Crippen molar-refractivity contribution in [3.05, 3.63) is 47.4 Å². The van der Waals surface area contributed by atoms with Gasteiger partial charge in [-0.25, -0.2) is 17.8 Å². The molecule has 0 aliphatic carbocycles. The second-order valence-corrected chi connectivity index (χ2v) is 5.74. The molecule has 0 amide bonds. The van der Waals surface area contributed by atoms with Crippen LogP contribution in [0.4, 0.5) is 15.9 Å². The third-order valence-corrected chi connectivity index (χ3v) is 3.89. The van der Waals surface area contributed by atoms with E-state index in [9.17, 15) is 12.8 Å². The number of nitrogens with two attached hydrogens (primary N) is 1. The van der Waals surface area contributed by atoms with Crippen LogP contribution in [0.2, 0.25) is 5.02 Å². The Hall–Kier alpha value is -1.86. The molecule has 1 heterocycles. The zero-order valence-corrected chi connectivity index (χ0v) is 11.0. The number of nitrogens with zero attached hydrogens (tertiary/aromatic N) is 1. The molecular formula is C11H9ClFN3O2S. The highest BCUT2D eigenvalue weighted by Crippen LogP contribution is 2.24. The molecule has 0 aliphatic rings. The summed E-state index contributed by atoms with van der Waals surface area (Å²) in [5, 5.41) is 0.330. The van der Waals surface area contributed by atoms with E-state index in [2.05, 4.69) is 9.71 Å². The number of benzene rings is 1. The van der Waals surface area contributed by atoms with Crippen molar-refractivity contribution in [1.82, 2.24) is 4.98 Å². The second kappa shape index (κ2) is 5.02. The van der Waals surface area contributed by atoms with Gasteiger partial charge < -0.3 is 5.73 Å². The molecule has 0 aliphatic heterocycles. The molecule has 2 rings (SSSR count). The fourth-order valence-corrected chi connectivity index (χ4v) is 2.70. The molecule has 0 atom stereocenters. The lowest BCUT2D eigenvalue weighted by atomic mass is 10.3. The summed E-state index contributed by atoms with van der Waals surface area (Å²) in [6.07, 6.45) is 0.906. The Kier molecular flexibility index (Phi) is 3.59. The van der Waals surface area contributed by atoms with Crippen molar-refractivity contribution in [2.45, 2.75) is 4.90 Å². The minimum Gasteiger partial charge on any atom is -0.398 e. The number of nitrogens with one attached hydrogen (secondary N) is 1. The van der Waals surface area contributed by atoms with Crippen molar-refractivity contribution in [2.75, 3.05) is 10.5 Å². The van der Waals surface area contributed by atoms with E-state index >= 15 is 0 Å². The number of rotatable bonds is 3. The first-order chi connectivity index (χ1) is 8.88. The lowest BCUT2D eigenvalue weighted by Crippen LogP contribution is -2.15. The Morgan fingerprint density at radius 2 is 2.00 bits per heavy atom. The van der Waals surface area contributed by atoms with E-state index in [1.807, 2.05) is 0 Å². The van der Waals surface area contributed by atoms with Gasteiger partial charge in [0.1, 0.15) is 16.5 Å². The van der Waals surface area contributed by atoms with Crippen LogP contribution < -0.4 is 10.5 Å². The summed E-state index contributed by atoms with van der Waals surface area (Å²) >= 11 is 5.70. The third-order valence-electron chi connectivity index (χ3n) is 2.23. The standard InChI is InChI=1S/C11H9ClFN3O2S/c12-7-1-3-10(9(14)5-7)19(17,18)16-11-4-2-8(13)6-15-11/h1-6H,14H2,(H,15,16). The Morgan fingerprint density at radius 1 is 1.26 bits per heavy atom. The molecule has 0 saturated heterocycles. The maximum absolute atomic E-state index is 12.7. The Bertz CT molecular complexity index is 704. The molecule has 0 fully saturated rings. The van der Waals surface area contributed by atoms with Gasteiger partial charge in [-0.1, -0.05) is 11.6 Å². The first kappa shape index (κ1) is 13.6. The van der Waals surface area contributed by atoms with Gasteiger partial charge in [0, 0.05) is 5.02 Å². The highest BCUT2D eigenvalue weighted by molar-refractivity contribution is 7.92. The number of pyridine rings is 1. The fraction of sp³-hybridized carbons (Fsp3) is 0. The molecule has 2 aromatic rings. The Morgan fingerprint density at radius 3 is 2.58 bits per heavy atom. The van der Waals surface area contributed by atoms with E-state index < -0.39 is 15.8 Å². The highest BCUT2D eigenvalue weighted by atomic mass is 35.5. The minimum absolute atomic E-state index is 0.00394. The summed E-state index contributed by atoms with van der Waals surface area (Å²) in [5.41, 5.74) is 5.62. The van der Waals surface area contributed by atoms with Gasteiger partial charge in [-0.15, -0.1) is 0 Å². The summed E-state index contributed by atoms with van der Waals surface area (Å²) in [6, 6.07) is 6.32. The number of anilines is 2. The fourth-order valence-electron chi connectivity index (χ4n) is 1.39. The van der Waals surface area contributed by atoms with E-state index in [4.69, 9.17) is 17.3 Å². The number of hydrogen-bond acceptors (Lipinski definition) is 4. The number of halogens is 2. The zero-order valence-electron chi connectivity index (χ0n) is 9.47. The van der Waals surface area contributed by atoms with Gasteiger partial charge in [-0.05, 0) is 30.3 Å². The van der Waals surface area contributed by atoms with Crippen LogP contribution in [-0.2, 0) is 10.0 Å². The molecular weight excluding hydrogens is 293 g/mol. The third kappa shape index (κ3) is 3.12. The highest BCUT2D eigenvalue weighted by Gasteiger charge is 2.18. The Balaban J connectivity index is 2.35. The molecule has 100 valence electrons. The molecule has 19 heavy (non-hydrogen) atoms. The summed E-state index contributed by atoms with van der Waals surface area (Å²) in [6.45, 7) is 0. The normalized spacial score (nSPS) is 11.3. The number of aromatic nitrogens is 1. The lowest BCUT2D eigenvalue weighted by molar-refractivity contribution is 0.601. The average molecular weight is 302 g/mol.